The van der Waals surface area contributed by atoms with Crippen LogP contribution >= 0.6 is 0 Å². The fourth-order valence-corrected chi connectivity index (χ4v) is 1.80. The molecule has 4 nitrogen and oxygen atoms in total. The van der Waals surface area contributed by atoms with Crippen LogP contribution in [-0.2, 0) is 14.3 Å². The van der Waals surface area contributed by atoms with Crippen LogP contribution in [0.15, 0.2) is 0 Å². The monoisotopic (exact) mass is 260 g/mol. The Hall–Kier alpha value is -0.610. The van der Waals surface area contributed by atoms with Crippen molar-refractivity contribution in [2.75, 3.05) is 13.2 Å². The van der Waals surface area contributed by atoms with E-state index in [4.69, 9.17) is 14.6 Å². The largest absolute Gasteiger partial charge is 0.479 e. The number of carboxylic acids is 1. The molecule has 0 amide bonds. The maximum absolute atomic E-state index is 10.8. The molecule has 0 saturated carbocycles. The lowest BCUT2D eigenvalue weighted by atomic mass is 10.1. The molecule has 2 atom stereocenters. The third-order valence-electron chi connectivity index (χ3n) is 2.89. The highest BCUT2D eigenvalue weighted by molar-refractivity contribution is 5.72. The summed E-state index contributed by atoms with van der Waals surface area (Å²) < 4.78 is 10.7. The van der Waals surface area contributed by atoms with E-state index in [9.17, 15) is 4.79 Å². The van der Waals surface area contributed by atoms with Gasteiger partial charge in [0.1, 0.15) is 0 Å². The van der Waals surface area contributed by atoms with E-state index in [0.717, 1.165) is 6.42 Å². The van der Waals surface area contributed by atoms with E-state index in [2.05, 4.69) is 6.92 Å². The first-order valence-corrected chi connectivity index (χ1v) is 7.07. The van der Waals surface area contributed by atoms with Gasteiger partial charge in [-0.2, -0.15) is 0 Å². The zero-order valence-corrected chi connectivity index (χ0v) is 12.0. The molecule has 0 aliphatic rings. The Morgan fingerprint density at radius 2 is 1.83 bits per heavy atom. The quantitative estimate of drug-likeness (QED) is 0.547. The molecule has 18 heavy (non-hydrogen) atoms. The summed E-state index contributed by atoms with van der Waals surface area (Å²) in [5.41, 5.74) is 0. The molecule has 2 unspecified atom stereocenters. The van der Waals surface area contributed by atoms with Crippen LogP contribution in [0.5, 0.6) is 0 Å². The van der Waals surface area contributed by atoms with E-state index in [0.29, 0.717) is 19.6 Å². The molecule has 0 aliphatic carbocycles. The molecule has 108 valence electrons. The molecule has 0 aliphatic heterocycles. The molecule has 0 aromatic carbocycles. The summed E-state index contributed by atoms with van der Waals surface area (Å²) in [5, 5.41) is 8.89. The van der Waals surface area contributed by atoms with Gasteiger partial charge in [0.2, 0.25) is 0 Å². The SMILES string of the molecule is CCCCCCC(C)OCCC(OCC)C(=O)O. The van der Waals surface area contributed by atoms with Gasteiger partial charge in [0.25, 0.3) is 0 Å². The van der Waals surface area contributed by atoms with Gasteiger partial charge in [0.05, 0.1) is 6.10 Å². The van der Waals surface area contributed by atoms with E-state index in [-0.39, 0.29) is 6.10 Å². The molecular formula is C14H28O4. The molecule has 0 aromatic rings. The molecular weight excluding hydrogens is 232 g/mol. The summed E-state index contributed by atoms with van der Waals surface area (Å²) in [6.07, 6.45) is 5.89. The maximum atomic E-state index is 10.8. The number of hydrogen-bond acceptors (Lipinski definition) is 3. The molecule has 0 radical (unpaired) electrons. The van der Waals surface area contributed by atoms with Crippen LogP contribution in [0.4, 0.5) is 0 Å². The lowest BCUT2D eigenvalue weighted by Crippen LogP contribution is -2.26. The third-order valence-corrected chi connectivity index (χ3v) is 2.89. The van der Waals surface area contributed by atoms with Gasteiger partial charge in [-0.25, -0.2) is 4.79 Å². The van der Waals surface area contributed by atoms with E-state index < -0.39 is 12.1 Å². The lowest BCUT2D eigenvalue weighted by molar-refractivity contribution is -0.151. The first-order valence-electron chi connectivity index (χ1n) is 7.07. The summed E-state index contributed by atoms with van der Waals surface area (Å²) in [6, 6.07) is 0. The highest BCUT2D eigenvalue weighted by Gasteiger charge is 2.17. The van der Waals surface area contributed by atoms with Crippen molar-refractivity contribution in [3.8, 4) is 0 Å². The van der Waals surface area contributed by atoms with Gasteiger partial charge >= 0.3 is 5.97 Å². The summed E-state index contributed by atoms with van der Waals surface area (Å²) in [7, 11) is 0. The fraction of sp³-hybridized carbons (Fsp3) is 0.929. The molecule has 0 bridgehead atoms. The zero-order valence-electron chi connectivity index (χ0n) is 12.0. The van der Waals surface area contributed by atoms with Crippen molar-refractivity contribution in [1.82, 2.24) is 0 Å². The second-order valence-electron chi connectivity index (χ2n) is 4.60. The summed E-state index contributed by atoms with van der Waals surface area (Å²) in [6.45, 7) is 6.91. The van der Waals surface area contributed by atoms with Crippen LogP contribution in [0, 0.1) is 0 Å². The summed E-state index contributed by atoms with van der Waals surface area (Å²) in [5.74, 6) is -0.906. The van der Waals surface area contributed by atoms with Crippen molar-refractivity contribution in [2.24, 2.45) is 0 Å². The second kappa shape index (κ2) is 11.5. The maximum Gasteiger partial charge on any atom is 0.332 e. The fourth-order valence-electron chi connectivity index (χ4n) is 1.80. The Bertz CT molecular complexity index is 206. The van der Waals surface area contributed by atoms with Gasteiger partial charge < -0.3 is 14.6 Å². The topological polar surface area (TPSA) is 55.8 Å². The van der Waals surface area contributed by atoms with Gasteiger partial charge in [-0.15, -0.1) is 0 Å². The van der Waals surface area contributed by atoms with Gasteiger partial charge in [0, 0.05) is 19.6 Å². The highest BCUT2D eigenvalue weighted by Crippen LogP contribution is 2.09. The number of carbonyl (C=O) groups is 1. The number of ether oxygens (including phenoxy) is 2. The molecule has 0 fully saturated rings. The van der Waals surface area contributed by atoms with Crippen LogP contribution in [0.1, 0.15) is 59.3 Å². The Balaban J connectivity index is 3.58. The molecule has 1 N–H and O–H groups in total. The minimum absolute atomic E-state index is 0.206. The van der Waals surface area contributed by atoms with Crippen LogP contribution in [0.25, 0.3) is 0 Å². The number of aliphatic carboxylic acids is 1. The Morgan fingerprint density at radius 3 is 2.39 bits per heavy atom. The zero-order chi connectivity index (χ0) is 13.8. The second-order valence-corrected chi connectivity index (χ2v) is 4.60. The van der Waals surface area contributed by atoms with Crippen LogP contribution < -0.4 is 0 Å². The van der Waals surface area contributed by atoms with Crippen molar-refractivity contribution in [1.29, 1.82) is 0 Å². The number of unbranched alkanes of at least 4 members (excludes halogenated alkanes) is 3. The van der Waals surface area contributed by atoms with Crippen molar-refractivity contribution in [2.45, 2.75) is 71.5 Å². The number of rotatable bonds is 12. The van der Waals surface area contributed by atoms with Gasteiger partial charge in [0.15, 0.2) is 6.10 Å². The van der Waals surface area contributed by atoms with Crippen molar-refractivity contribution >= 4 is 5.97 Å². The molecule has 0 heterocycles. The number of hydrogen-bond donors (Lipinski definition) is 1. The van der Waals surface area contributed by atoms with Gasteiger partial charge in [-0.05, 0) is 20.3 Å². The predicted octanol–water partition coefficient (Wildman–Crippen LogP) is 3.24. The Morgan fingerprint density at radius 1 is 1.11 bits per heavy atom. The van der Waals surface area contributed by atoms with Crippen LogP contribution in [0.3, 0.4) is 0 Å². The Labute approximate surface area is 111 Å². The third kappa shape index (κ3) is 9.42. The minimum Gasteiger partial charge on any atom is -0.479 e. The van der Waals surface area contributed by atoms with Crippen molar-refractivity contribution < 1.29 is 19.4 Å². The molecule has 0 saturated heterocycles. The van der Waals surface area contributed by atoms with Crippen LogP contribution in [-0.4, -0.2) is 36.5 Å². The minimum atomic E-state index is -0.906. The predicted molar refractivity (Wildman–Crippen MR) is 71.8 cm³/mol. The average molecular weight is 260 g/mol. The highest BCUT2D eigenvalue weighted by atomic mass is 16.5. The standard InChI is InChI=1S/C14H28O4/c1-4-6-7-8-9-12(3)18-11-10-13(14(15)16)17-5-2/h12-13H,4-11H2,1-3H3,(H,15,16). The van der Waals surface area contributed by atoms with Gasteiger partial charge in [-0.1, -0.05) is 32.6 Å². The van der Waals surface area contributed by atoms with Gasteiger partial charge in [-0.3, -0.25) is 0 Å². The first kappa shape index (κ1) is 17.4. The average Bonchev–Trinajstić information content (AvgIpc) is 2.33. The summed E-state index contributed by atoms with van der Waals surface area (Å²) in [4.78, 5) is 10.8. The molecule has 0 aromatic heterocycles. The van der Waals surface area contributed by atoms with E-state index in [1.54, 1.807) is 6.92 Å². The molecule has 0 rings (SSSR count). The van der Waals surface area contributed by atoms with Crippen molar-refractivity contribution in [3.05, 3.63) is 0 Å². The van der Waals surface area contributed by atoms with E-state index in [1.165, 1.54) is 25.7 Å². The van der Waals surface area contributed by atoms with Crippen molar-refractivity contribution in [3.63, 3.8) is 0 Å². The molecule has 4 heteroatoms. The smallest absolute Gasteiger partial charge is 0.332 e. The Kier molecular flexibility index (Phi) is 11.1. The molecule has 0 spiro atoms. The normalized spacial score (nSPS) is 14.4. The summed E-state index contributed by atoms with van der Waals surface area (Å²) >= 11 is 0. The lowest BCUT2D eigenvalue weighted by Gasteiger charge is -2.16. The first-order chi connectivity index (χ1) is 8.61. The van der Waals surface area contributed by atoms with E-state index >= 15 is 0 Å². The number of carboxylic acid groups (broad SMARTS) is 1. The van der Waals surface area contributed by atoms with E-state index in [1.807, 2.05) is 6.92 Å². The van der Waals surface area contributed by atoms with Crippen LogP contribution in [0.2, 0.25) is 0 Å².